The van der Waals surface area contributed by atoms with Crippen molar-refractivity contribution in [3.05, 3.63) is 30.5 Å². The molecule has 0 aliphatic carbocycles. The Morgan fingerprint density at radius 1 is 1.26 bits per heavy atom. The number of hydrogen-bond acceptors (Lipinski definition) is 5. The summed E-state index contributed by atoms with van der Waals surface area (Å²) in [5.74, 6) is 1.62. The molecular weight excluding hydrogens is 288 g/mol. The van der Waals surface area contributed by atoms with Crippen LogP contribution >= 0.6 is 0 Å². The molecular formula is C18H26N4O. The van der Waals surface area contributed by atoms with E-state index in [0.29, 0.717) is 5.92 Å². The fraction of sp³-hybridized carbons (Fsp3) is 0.556. The van der Waals surface area contributed by atoms with Crippen LogP contribution in [0.5, 0.6) is 0 Å². The van der Waals surface area contributed by atoms with Crippen molar-refractivity contribution in [2.24, 2.45) is 5.92 Å². The number of β-amino-alcohol motifs (C(OH)–C–C–N with tert-alkyl or cyclic N) is 1. The summed E-state index contributed by atoms with van der Waals surface area (Å²) in [5, 5.41) is 9.49. The highest BCUT2D eigenvalue weighted by molar-refractivity contribution is 5.75. The summed E-state index contributed by atoms with van der Waals surface area (Å²) in [6.45, 7) is 5.81. The van der Waals surface area contributed by atoms with E-state index < -0.39 is 0 Å². The summed E-state index contributed by atoms with van der Waals surface area (Å²) < 4.78 is 0. The molecule has 2 aromatic rings. The van der Waals surface area contributed by atoms with Crippen molar-refractivity contribution in [3.8, 4) is 0 Å². The van der Waals surface area contributed by atoms with Gasteiger partial charge in [0.15, 0.2) is 0 Å². The molecule has 1 N–H and O–H groups in total. The fourth-order valence-corrected chi connectivity index (χ4v) is 3.34. The number of benzene rings is 1. The Kier molecular flexibility index (Phi) is 5.08. The normalized spacial score (nSPS) is 18.2. The summed E-state index contributed by atoms with van der Waals surface area (Å²) in [6, 6.07) is 7.98. The highest BCUT2D eigenvalue weighted by Gasteiger charge is 2.21. The van der Waals surface area contributed by atoms with E-state index in [4.69, 9.17) is 4.98 Å². The lowest BCUT2D eigenvalue weighted by Gasteiger charge is -2.34. The molecule has 1 atom stereocenters. The van der Waals surface area contributed by atoms with Crippen molar-refractivity contribution >= 4 is 16.9 Å². The monoisotopic (exact) mass is 314 g/mol. The number of hydrogen-bond donors (Lipinski definition) is 1. The van der Waals surface area contributed by atoms with Gasteiger partial charge in [-0.15, -0.1) is 0 Å². The molecule has 5 nitrogen and oxygen atoms in total. The van der Waals surface area contributed by atoms with Gasteiger partial charge in [0.1, 0.15) is 5.82 Å². The molecule has 1 unspecified atom stereocenters. The predicted octanol–water partition coefficient (Wildman–Crippen LogP) is 2.16. The van der Waals surface area contributed by atoms with E-state index in [2.05, 4.69) is 21.8 Å². The van der Waals surface area contributed by atoms with Gasteiger partial charge in [0.25, 0.3) is 0 Å². The van der Waals surface area contributed by atoms with Gasteiger partial charge < -0.3 is 14.9 Å². The third-order valence-electron chi connectivity index (χ3n) is 4.59. The van der Waals surface area contributed by atoms with Crippen LogP contribution in [0.15, 0.2) is 30.5 Å². The quantitative estimate of drug-likeness (QED) is 0.916. The maximum absolute atomic E-state index is 9.49. The highest BCUT2D eigenvalue weighted by atomic mass is 16.3. The SMILES string of the molecule is CC(O)CN1CCC(CN(C)c2cnc3ccccc3n2)CC1. The molecule has 0 radical (unpaired) electrons. The zero-order valence-electron chi connectivity index (χ0n) is 14.0. The Morgan fingerprint density at radius 2 is 1.96 bits per heavy atom. The molecule has 124 valence electrons. The molecule has 3 rings (SSSR count). The van der Waals surface area contributed by atoms with Gasteiger partial charge in [-0.2, -0.15) is 0 Å². The van der Waals surface area contributed by atoms with Crippen LogP contribution in [0.2, 0.25) is 0 Å². The van der Waals surface area contributed by atoms with Crippen LogP contribution in [0.25, 0.3) is 11.0 Å². The highest BCUT2D eigenvalue weighted by Crippen LogP contribution is 2.21. The maximum Gasteiger partial charge on any atom is 0.147 e. The molecule has 0 spiro atoms. The van der Waals surface area contributed by atoms with Crippen molar-refractivity contribution in [3.63, 3.8) is 0 Å². The Balaban J connectivity index is 1.57. The largest absolute Gasteiger partial charge is 0.392 e. The lowest BCUT2D eigenvalue weighted by atomic mass is 9.96. The summed E-state index contributed by atoms with van der Waals surface area (Å²) in [5.41, 5.74) is 1.89. The van der Waals surface area contributed by atoms with Crippen LogP contribution in [0.3, 0.4) is 0 Å². The first-order valence-corrected chi connectivity index (χ1v) is 8.45. The maximum atomic E-state index is 9.49. The average molecular weight is 314 g/mol. The Labute approximate surface area is 138 Å². The van der Waals surface area contributed by atoms with E-state index in [-0.39, 0.29) is 6.10 Å². The van der Waals surface area contributed by atoms with Crippen LogP contribution < -0.4 is 4.90 Å². The molecule has 1 saturated heterocycles. The molecule has 1 aromatic heterocycles. The Morgan fingerprint density at radius 3 is 2.65 bits per heavy atom. The molecule has 0 saturated carbocycles. The van der Waals surface area contributed by atoms with Gasteiger partial charge >= 0.3 is 0 Å². The van der Waals surface area contributed by atoms with E-state index >= 15 is 0 Å². The number of rotatable bonds is 5. The second-order valence-corrected chi connectivity index (χ2v) is 6.69. The minimum atomic E-state index is -0.234. The zero-order valence-corrected chi connectivity index (χ0v) is 14.0. The third-order valence-corrected chi connectivity index (χ3v) is 4.59. The Bertz CT molecular complexity index is 638. The predicted molar refractivity (Wildman–Crippen MR) is 93.7 cm³/mol. The first-order valence-electron chi connectivity index (χ1n) is 8.45. The van der Waals surface area contributed by atoms with Crippen molar-refractivity contribution in [2.75, 3.05) is 38.1 Å². The first kappa shape index (κ1) is 16.1. The van der Waals surface area contributed by atoms with E-state index in [1.165, 1.54) is 12.8 Å². The zero-order chi connectivity index (χ0) is 16.2. The number of para-hydroxylation sites is 2. The van der Waals surface area contributed by atoms with Gasteiger partial charge in [0.2, 0.25) is 0 Å². The van der Waals surface area contributed by atoms with Gasteiger partial charge in [-0.1, -0.05) is 12.1 Å². The average Bonchev–Trinajstić information content (AvgIpc) is 2.55. The van der Waals surface area contributed by atoms with Crippen LogP contribution in [-0.2, 0) is 0 Å². The molecule has 2 heterocycles. The van der Waals surface area contributed by atoms with Gasteiger partial charge in [-0.05, 0) is 50.9 Å². The van der Waals surface area contributed by atoms with Gasteiger partial charge in [0.05, 0.1) is 23.3 Å². The molecule has 23 heavy (non-hydrogen) atoms. The topological polar surface area (TPSA) is 52.5 Å². The molecule has 0 bridgehead atoms. The van der Waals surface area contributed by atoms with Crippen molar-refractivity contribution in [2.45, 2.75) is 25.9 Å². The number of anilines is 1. The Hall–Kier alpha value is -1.72. The second kappa shape index (κ2) is 7.23. The summed E-state index contributed by atoms with van der Waals surface area (Å²) in [7, 11) is 2.10. The number of nitrogens with zero attached hydrogens (tertiary/aromatic N) is 4. The fourth-order valence-electron chi connectivity index (χ4n) is 3.34. The molecule has 1 fully saturated rings. The first-order chi connectivity index (χ1) is 11.1. The molecule has 1 aromatic carbocycles. The van der Waals surface area contributed by atoms with Gasteiger partial charge in [-0.25, -0.2) is 4.98 Å². The molecule has 0 amide bonds. The molecule has 1 aliphatic rings. The number of aromatic nitrogens is 2. The number of aliphatic hydroxyl groups excluding tert-OH is 1. The summed E-state index contributed by atoms with van der Waals surface area (Å²) in [6.07, 6.45) is 3.99. The lowest BCUT2D eigenvalue weighted by Crippen LogP contribution is -2.40. The van der Waals surface area contributed by atoms with E-state index in [9.17, 15) is 5.11 Å². The second-order valence-electron chi connectivity index (χ2n) is 6.69. The van der Waals surface area contributed by atoms with Crippen LogP contribution in [0.1, 0.15) is 19.8 Å². The third kappa shape index (κ3) is 4.18. The number of fused-ring (bicyclic) bond motifs is 1. The number of aliphatic hydroxyl groups is 1. The lowest BCUT2D eigenvalue weighted by molar-refractivity contribution is 0.101. The standard InChI is InChI=1S/C18H26N4O/c1-14(23)12-22-9-7-15(8-10-22)13-21(2)18-11-19-16-5-3-4-6-17(16)20-18/h3-6,11,14-15,23H,7-10,12-13H2,1-2H3. The van der Waals surface area contributed by atoms with Crippen LogP contribution in [0.4, 0.5) is 5.82 Å². The van der Waals surface area contributed by atoms with Crippen LogP contribution in [0, 0.1) is 5.92 Å². The van der Waals surface area contributed by atoms with Crippen molar-refractivity contribution < 1.29 is 5.11 Å². The molecule has 5 heteroatoms. The van der Waals surface area contributed by atoms with Gasteiger partial charge in [-0.3, -0.25) is 4.98 Å². The smallest absolute Gasteiger partial charge is 0.147 e. The van der Waals surface area contributed by atoms with Crippen LogP contribution in [-0.4, -0.2) is 59.3 Å². The van der Waals surface area contributed by atoms with E-state index in [1.54, 1.807) is 0 Å². The van der Waals surface area contributed by atoms with Gasteiger partial charge in [0, 0.05) is 20.1 Å². The molecule has 1 aliphatic heterocycles. The van der Waals surface area contributed by atoms with E-state index in [0.717, 1.165) is 43.0 Å². The summed E-state index contributed by atoms with van der Waals surface area (Å²) in [4.78, 5) is 13.8. The van der Waals surface area contributed by atoms with Crippen molar-refractivity contribution in [1.29, 1.82) is 0 Å². The number of likely N-dealkylation sites (tertiary alicyclic amines) is 1. The minimum absolute atomic E-state index is 0.234. The number of piperidine rings is 1. The minimum Gasteiger partial charge on any atom is -0.392 e. The van der Waals surface area contributed by atoms with Crippen molar-refractivity contribution in [1.82, 2.24) is 14.9 Å². The van der Waals surface area contributed by atoms with E-state index in [1.807, 2.05) is 37.4 Å². The summed E-state index contributed by atoms with van der Waals surface area (Å²) >= 11 is 0.